The summed E-state index contributed by atoms with van der Waals surface area (Å²) in [5, 5.41) is 0. The third-order valence-electron chi connectivity index (χ3n) is 4.19. The molecule has 0 aromatic carbocycles. The van der Waals surface area contributed by atoms with Gasteiger partial charge in [-0.2, -0.15) is 0 Å². The molecule has 0 N–H and O–H groups in total. The van der Waals surface area contributed by atoms with Gasteiger partial charge in [-0.05, 0) is 31.6 Å². The van der Waals surface area contributed by atoms with Crippen LogP contribution in [-0.2, 0) is 19.1 Å². The summed E-state index contributed by atoms with van der Waals surface area (Å²) in [6.45, 7) is 0. The predicted octanol–water partition coefficient (Wildman–Crippen LogP) is 2.09. The Kier molecular flexibility index (Phi) is 4.04. The second kappa shape index (κ2) is 5.55. The molecule has 1 saturated carbocycles. The predicted molar refractivity (Wildman–Crippen MR) is 65.7 cm³/mol. The quantitative estimate of drug-likeness (QED) is 0.558. The molecular formula is C14H20O4. The van der Waals surface area contributed by atoms with E-state index in [1.54, 1.807) is 0 Å². The van der Waals surface area contributed by atoms with Gasteiger partial charge in [-0.25, -0.2) is 0 Å². The van der Waals surface area contributed by atoms with Gasteiger partial charge in [0.1, 0.15) is 0 Å². The van der Waals surface area contributed by atoms with Crippen molar-refractivity contribution in [1.82, 2.24) is 0 Å². The van der Waals surface area contributed by atoms with Crippen LogP contribution in [0.1, 0.15) is 32.1 Å². The lowest BCUT2D eigenvalue weighted by atomic mass is 9.66. The minimum atomic E-state index is -0.380. The number of methoxy groups -OCH3 is 2. The Labute approximate surface area is 107 Å². The van der Waals surface area contributed by atoms with Crippen molar-refractivity contribution in [2.24, 2.45) is 17.8 Å². The van der Waals surface area contributed by atoms with Crippen molar-refractivity contribution < 1.29 is 19.1 Å². The van der Waals surface area contributed by atoms with Gasteiger partial charge in [0.25, 0.3) is 0 Å². The molecule has 18 heavy (non-hydrogen) atoms. The fraction of sp³-hybridized carbons (Fsp3) is 0.714. The Hall–Kier alpha value is -1.32. The first kappa shape index (κ1) is 13.1. The zero-order chi connectivity index (χ0) is 13.1. The minimum Gasteiger partial charge on any atom is -0.469 e. The third-order valence-corrected chi connectivity index (χ3v) is 4.19. The molecule has 2 rings (SSSR count). The highest BCUT2D eigenvalue weighted by atomic mass is 16.5. The minimum absolute atomic E-state index is 0.170. The number of carbonyl (C=O) groups excluding carboxylic acids is 2. The van der Waals surface area contributed by atoms with Gasteiger partial charge in [-0.1, -0.05) is 18.1 Å². The van der Waals surface area contributed by atoms with Crippen LogP contribution in [0.3, 0.4) is 0 Å². The molecule has 0 spiro atoms. The highest BCUT2D eigenvalue weighted by Gasteiger charge is 2.44. The fourth-order valence-electron chi connectivity index (χ4n) is 3.29. The van der Waals surface area contributed by atoms with E-state index in [1.165, 1.54) is 26.2 Å². The molecule has 4 heteroatoms. The molecule has 0 aliphatic heterocycles. The van der Waals surface area contributed by atoms with Gasteiger partial charge in [0.2, 0.25) is 0 Å². The maximum absolute atomic E-state index is 12.0. The number of carbonyl (C=O) groups is 2. The summed E-state index contributed by atoms with van der Waals surface area (Å²) < 4.78 is 9.71. The Balaban J connectivity index is 2.28. The number of esters is 2. The van der Waals surface area contributed by atoms with Gasteiger partial charge in [0.15, 0.2) is 0 Å². The van der Waals surface area contributed by atoms with Crippen LogP contribution in [0.4, 0.5) is 0 Å². The molecule has 0 aromatic rings. The van der Waals surface area contributed by atoms with E-state index in [-0.39, 0.29) is 29.7 Å². The highest BCUT2D eigenvalue weighted by Crippen LogP contribution is 2.43. The van der Waals surface area contributed by atoms with Gasteiger partial charge >= 0.3 is 11.9 Å². The van der Waals surface area contributed by atoms with E-state index in [1.807, 2.05) is 0 Å². The first-order chi connectivity index (χ1) is 8.69. The lowest BCUT2D eigenvalue weighted by Gasteiger charge is -2.38. The van der Waals surface area contributed by atoms with Crippen LogP contribution in [0.5, 0.6) is 0 Å². The number of rotatable bonds is 2. The molecule has 100 valence electrons. The molecule has 4 nitrogen and oxygen atoms in total. The number of hydrogen-bond donors (Lipinski definition) is 0. The molecule has 0 heterocycles. The van der Waals surface area contributed by atoms with Gasteiger partial charge in [0, 0.05) is 0 Å². The van der Waals surface area contributed by atoms with Crippen molar-refractivity contribution in [3.63, 3.8) is 0 Å². The largest absolute Gasteiger partial charge is 0.469 e. The van der Waals surface area contributed by atoms with Crippen LogP contribution in [0.2, 0.25) is 0 Å². The SMILES string of the molecule is COC(=O)[C@@H]1[C@@H](C(=O)OC)CC=C2CCCC[C@@H]21. The monoisotopic (exact) mass is 252 g/mol. The molecule has 3 atom stereocenters. The number of hydrogen-bond acceptors (Lipinski definition) is 4. The topological polar surface area (TPSA) is 52.6 Å². The van der Waals surface area contributed by atoms with E-state index in [2.05, 4.69) is 6.08 Å². The molecule has 2 aliphatic rings. The number of allylic oxidation sites excluding steroid dienone is 2. The maximum Gasteiger partial charge on any atom is 0.310 e. The molecule has 0 unspecified atom stereocenters. The zero-order valence-electron chi connectivity index (χ0n) is 11.0. The van der Waals surface area contributed by atoms with Crippen molar-refractivity contribution >= 4 is 11.9 Å². The first-order valence-electron chi connectivity index (χ1n) is 6.53. The lowest BCUT2D eigenvalue weighted by Crippen LogP contribution is -2.40. The van der Waals surface area contributed by atoms with Crippen molar-refractivity contribution in [2.75, 3.05) is 14.2 Å². The van der Waals surface area contributed by atoms with E-state index in [0.29, 0.717) is 6.42 Å². The van der Waals surface area contributed by atoms with Crippen molar-refractivity contribution in [2.45, 2.75) is 32.1 Å². The molecule has 0 saturated heterocycles. The first-order valence-corrected chi connectivity index (χ1v) is 6.53. The second-order valence-corrected chi connectivity index (χ2v) is 5.05. The smallest absolute Gasteiger partial charge is 0.310 e. The summed E-state index contributed by atoms with van der Waals surface area (Å²) in [5.74, 6) is -1.14. The van der Waals surface area contributed by atoms with E-state index >= 15 is 0 Å². The van der Waals surface area contributed by atoms with Crippen molar-refractivity contribution in [1.29, 1.82) is 0 Å². The Bertz CT molecular complexity index is 372. The van der Waals surface area contributed by atoms with Crippen LogP contribution >= 0.6 is 0 Å². The lowest BCUT2D eigenvalue weighted by molar-refractivity contribution is -0.160. The van der Waals surface area contributed by atoms with Gasteiger partial charge in [0.05, 0.1) is 26.1 Å². The summed E-state index contributed by atoms with van der Waals surface area (Å²) in [4.78, 5) is 23.8. The van der Waals surface area contributed by atoms with Gasteiger partial charge < -0.3 is 9.47 Å². The summed E-state index contributed by atoms with van der Waals surface area (Å²) in [6.07, 6.45) is 7.04. The normalized spacial score (nSPS) is 31.0. The number of ether oxygens (including phenoxy) is 2. The van der Waals surface area contributed by atoms with Crippen molar-refractivity contribution in [3.05, 3.63) is 11.6 Å². The maximum atomic E-state index is 12.0. The van der Waals surface area contributed by atoms with Crippen LogP contribution < -0.4 is 0 Å². The van der Waals surface area contributed by atoms with Gasteiger partial charge in [-0.3, -0.25) is 9.59 Å². The molecule has 0 amide bonds. The average molecular weight is 252 g/mol. The van der Waals surface area contributed by atoms with E-state index in [0.717, 1.165) is 19.3 Å². The average Bonchev–Trinajstić information content (AvgIpc) is 2.44. The van der Waals surface area contributed by atoms with E-state index in [9.17, 15) is 9.59 Å². The van der Waals surface area contributed by atoms with E-state index in [4.69, 9.17) is 9.47 Å². The summed E-state index contributed by atoms with van der Waals surface area (Å²) in [6, 6.07) is 0. The summed E-state index contributed by atoms with van der Waals surface area (Å²) in [7, 11) is 2.76. The Morgan fingerprint density at radius 3 is 2.56 bits per heavy atom. The molecule has 0 bridgehead atoms. The van der Waals surface area contributed by atoms with Crippen LogP contribution in [0, 0.1) is 17.8 Å². The fourth-order valence-corrected chi connectivity index (χ4v) is 3.29. The molecular weight excluding hydrogens is 232 g/mol. The van der Waals surface area contributed by atoms with Crippen molar-refractivity contribution in [3.8, 4) is 0 Å². The van der Waals surface area contributed by atoms with Gasteiger partial charge in [-0.15, -0.1) is 0 Å². The van der Waals surface area contributed by atoms with Crippen LogP contribution in [0.25, 0.3) is 0 Å². The van der Waals surface area contributed by atoms with Crippen LogP contribution in [0.15, 0.2) is 11.6 Å². The summed E-state index contributed by atoms with van der Waals surface area (Å²) in [5.41, 5.74) is 1.33. The second-order valence-electron chi connectivity index (χ2n) is 5.05. The summed E-state index contributed by atoms with van der Waals surface area (Å²) >= 11 is 0. The Morgan fingerprint density at radius 2 is 1.89 bits per heavy atom. The van der Waals surface area contributed by atoms with Crippen LogP contribution in [-0.4, -0.2) is 26.2 Å². The molecule has 0 radical (unpaired) electrons. The highest BCUT2D eigenvalue weighted by molar-refractivity contribution is 5.83. The molecule has 1 fully saturated rings. The standard InChI is InChI=1S/C14H20O4/c1-17-13(15)11-8-7-9-5-3-4-6-10(9)12(11)14(16)18-2/h7,10-12H,3-6,8H2,1-2H3/t10-,11-,12-/m0/s1. The molecule has 0 aromatic heterocycles. The van der Waals surface area contributed by atoms with E-state index < -0.39 is 0 Å². The zero-order valence-corrected chi connectivity index (χ0v) is 11.0. The molecule has 2 aliphatic carbocycles. The third kappa shape index (κ3) is 2.28. The Morgan fingerprint density at radius 1 is 1.17 bits per heavy atom. The number of fused-ring (bicyclic) bond motifs is 1.